The molecule has 35 heavy (non-hydrogen) atoms. The molecular formula is C25H21F3N6O. The van der Waals surface area contributed by atoms with Crippen LogP contribution < -0.4 is 10.2 Å². The number of rotatable bonds is 6. The third-order valence-electron chi connectivity index (χ3n) is 5.22. The molecule has 7 nitrogen and oxygen atoms in total. The Labute approximate surface area is 199 Å². The van der Waals surface area contributed by atoms with Crippen LogP contribution in [0.5, 0.6) is 0 Å². The van der Waals surface area contributed by atoms with Crippen molar-refractivity contribution in [1.29, 1.82) is 0 Å². The monoisotopic (exact) mass is 478 g/mol. The molecule has 4 rings (SSSR count). The SMILES string of the molecule is CN(C)c1ccc(/C(=C\C=C\C(=O)Nc2ncnc3[nH]ncc23)c2ccc(C(F)(F)F)cc2)cc1. The molecule has 0 aliphatic heterocycles. The number of fused-ring (bicyclic) bond motifs is 1. The molecule has 0 saturated carbocycles. The van der Waals surface area contributed by atoms with Crippen molar-refractivity contribution in [2.75, 3.05) is 24.3 Å². The summed E-state index contributed by atoms with van der Waals surface area (Å²) < 4.78 is 39.1. The number of halogens is 3. The van der Waals surface area contributed by atoms with E-state index in [0.717, 1.165) is 23.4 Å². The number of H-pyrrole nitrogens is 1. The zero-order valence-corrected chi connectivity index (χ0v) is 18.8. The maximum absolute atomic E-state index is 13.0. The number of carbonyl (C=O) groups excluding carboxylic acids is 1. The highest BCUT2D eigenvalue weighted by Gasteiger charge is 2.30. The minimum atomic E-state index is -4.42. The zero-order valence-electron chi connectivity index (χ0n) is 18.8. The average Bonchev–Trinajstić information content (AvgIpc) is 3.32. The number of allylic oxidation sites excluding steroid dienone is 2. The molecule has 10 heteroatoms. The number of aromatic amines is 1. The van der Waals surface area contributed by atoms with Gasteiger partial charge in [0.05, 0.1) is 17.1 Å². The van der Waals surface area contributed by atoms with E-state index in [1.807, 2.05) is 43.3 Å². The van der Waals surface area contributed by atoms with Crippen molar-refractivity contribution in [3.63, 3.8) is 0 Å². The predicted octanol–water partition coefficient (Wildman–Crippen LogP) is 5.06. The van der Waals surface area contributed by atoms with Gasteiger partial charge in [-0.25, -0.2) is 9.97 Å². The third-order valence-corrected chi connectivity index (χ3v) is 5.22. The smallest absolute Gasteiger partial charge is 0.378 e. The number of hydrogen-bond acceptors (Lipinski definition) is 5. The Kier molecular flexibility index (Phi) is 6.63. The van der Waals surface area contributed by atoms with Crippen LogP contribution in [0.1, 0.15) is 16.7 Å². The molecule has 0 unspecified atom stereocenters. The van der Waals surface area contributed by atoms with E-state index in [0.29, 0.717) is 28.0 Å². The number of aromatic nitrogens is 4. The first-order chi connectivity index (χ1) is 16.7. The van der Waals surface area contributed by atoms with Gasteiger partial charge in [0.25, 0.3) is 0 Å². The van der Waals surface area contributed by atoms with Crippen molar-refractivity contribution in [3.8, 4) is 0 Å². The van der Waals surface area contributed by atoms with Crippen LogP contribution in [-0.2, 0) is 11.0 Å². The van der Waals surface area contributed by atoms with Crippen LogP contribution in [0.3, 0.4) is 0 Å². The van der Waals surface area contributed by atoms with Gasteiger partial charge in [-0.3, -0.25) is 9.89 Å². The largest absolute Gasteiger partial charge is 0.416 e. The molecule has 0 bridgehead atoms. The molecule has 4 aromatic rings. The summed E-state index contributed by atoms with van der Waals surface area (Å²) >= 11 is 0. The fraction of sp³-hybridized carbons (Fsp3) is 0.120. The van der Waals surface area contributed by atoms with Gasteiger partial charge in [-0.1, -0.05) is 36.4 Å². The van der Waals surface area contributed by atoms with Crippen LogP contribution >= 0.6 is 0 Å². The summed E-state index contributed by atoms with van der Waals surface area (Å²) in [5, 5.41) is 9.82. The highest BCUT2D eigenvalue weighted by Crippen LogP contribution is 2.32. The number of nitrogens with one attached hydrogen (secondary N) is 2. The van der Waals surface area contributed by atoms with Gasteiger partial charge < -0.3 is 10.2 Å². The Morgan fingerprint density at radius 3 is 2.29 bits per heavy atom. The second-order valence-electron chi connectivity index (χ2n) is 7.80. The summed E-state index contributed by atoms with van der Waals surface area (Å²) in [6.45, 7) is 0. The van der Waals surface area contributed by atoms with Crippen molar-refractivity contribution >= 4 is 34.0 Å². The van der Waals surface area contributed by atoms with Crippen molar-refractivity contribution in [1.82, 2.24) is 20.2 Å². The second kappa shape index (κ2) is 9.80. The molecule has 0 aliphatic rings. The molecule has 2 N–H and O–H groups in total. The van der Waals surface area contributed by atoms with E-state index >= 15 is 0 Å². The van der Waals surface area contributed by atoms with Crippen molar-refractivity contribution < 1.29 is 18.0 Å². The van der Waals surface area contributed by atoms with E-state index < -0.39 is 17.6 Å². The Bertz CT molecular complexity index is 1390. The Hall–Kier alpha value is -4.47. The van der Waals surface area contributed by atoms with Crippen LogP contribution in [0.25, 0.3) is 16.6 Å². The fourth-order valence-electron chi connectivity index (χ4n) is 3.39. The molecule has 0 atom stereocenters. The zero-order chi connectivity index (χ0) is 25.0. The van der Waals surface area contributed by atoms with Gasteiger partial charge in [0.1, 0.15) is 12.1 Å². The van der Waals surface area contributed by atoms with Crippen LogP contribution in [-0.4, -0.2) is 40.2 Å². The summed E-state index contributed by atoms with van der Waals surface area (Å²) in [4.78, 5) is 22.5. The van der Waals surface area contributed by atoms with Crippen molar-refractivity contribution in [2.45, 2.75) is 6.18 Å². The number of anilines is 2. The lowest BCUT2D eigenvalue weighted by atomic mass is 9.96. The molecule has 178 valence electrons. The Morgan fingerprint density at radius 1 is 1.00 bits per heavy atom. The Morgan fingerprint density at radius 2 is 1.66 bits per heavy atom. The lowest BCUT2D eigenvalue weighted by Crippen LogP contribution is -2.09. The molecular weight excluding hydrogens is 457 g/mol. The Balaban J connectivity index is 1.62. The highest BCUT2D eigenvalue weighted by molar-refractivity contribution is 6.03. The first-order valence-corrected chi connectivity index (χ1v) is 10.5. The first kappa shape index (κ1) is 23.7. The van der Waals surface area contributed by atoms with Crippen LogP contribution in [0.2, 0.25) is 0 Å². The number of carbonyl (C=O) groups is 1. The van der Waals surface area contributed by atoms with Gasteiger partial charge in [0.2, 0.25) is 5.91 Å². The molecule has 0 spiro atoms. The molecule has 0 aliphatic carbocycles. The van der Waals surface area contributed by atoms with Crippen LogP contribution in [0.4, 0.5) is 24.7 Å². The lowest BCUT2D eigenvalue weighted by molar-refractivity contribution is -0.137. The third kappa shape index (κ3) is 5.55. The summed E-state index contributed by atoms with van der Waals surface area (Å²) in [5.41, 5.74) is 2.77. The number of nitrogens with zero attached hydrogens (tertiary/aromatic N) is 4. The van der Waals surface area contributed by atoms with E-state index in [2.05, 4.69) is 25.5 Å². The molecule has 1 amide bonds. The molecule has 0 radical (unpaired) electrons. The van der Waals surface area contributed by atoms with Crippen LogP contribution in [0, 0.1) is 0 Å². The number of amides is 1. The van der Waals surface area contributed by atoms with E-state index in [-0.39, 0.29) is 0 Å². The van der Waals surface area contributed by atoms with E-state index in [4.69, 9.17) is 0 Å². The van der Waals surface area contributed by atoms with Gasteiger partial charge in [-0.15, -0.1) is 0 Å². The predicted molar refractivity (Wildman–Crippen MR) is 129 cm³/mol. The minimum absolute atomic E-state index is 0.310. The maximum Gasteiger partial charge on any atom is 0.416 e. The normalized spacial score (nSPS) is 12.3. The minimum Gasteiger partial charge on any atom is -0.378 e. The quantitative estimate of drug-likeness (QED) is 0.299. The van der Waals surface area contributed by atoms with Gasteiger partial charge >= 0.3 is 6.18 Å². The molecule has 2 heterocycles. The first-order valence-electron chi connectivity index (χ1n) is 10.5. The van der Waals surface area contributed by atoms with Gasteiger partial charge in [0.15, 0.2) is 5.65 Å². The summed E-state index contributed by atoms with van der Waals surface area (Å²) in [6.07, 6.45) is 2.92. The second-order valence-corrected chi connectivity index (χ2v) is 7.80. The summed E-state index contributed by atoms with van der Waals surface area (Å²) in [6, 6.07) is 12.5. The van der Waals surface area contributed by atoms with Crippen molar-refractivity contribution in [3.05, 3.63) is 96.0 Å². The summed E-state index contributed by atoms with van der Waals surface area (Å²) in [5.74, 6) is -0.123. The highest BCUT2D eigenvalue weighted by atomic mass is 19.4. The number of hydrogen-bond donors (Lipinski definition) is 2. The van der Waals surface area contributed by atoms with Gasteiger partial charge in [0, 0.05) is 25.9 Å². The van der Waals surface area contributed by atoms with Crippen molar-refractivity contribution in [2.24, 2.45) is 0 Å². The van der Waals surface area contributed by atoms with Gasteiger partial charge in [-0.2, -0.15) is 18.3 Å². The van der Waals surface area contributed by atoms with E-state index in [1.165, 1.54) is 36.8 Å². The van der Waals surface area contributed by atoms with Gasteiger partial charge in [-0.05, 0) is 41.0 Å². The molecule has 0 fully saturated rings. The standard InChI is InChI=1S/C25H21F3N6O/c1-34(2)19-12-8-17(9-13-19)20(16-6-10-18(11-7-16)25(26,27)28)4-3-5-22(35)32-23-21-14-31-33-24(21)30-15-29-23/h3-15H,1-2H3,(H2,29,30,31,32,33,35)/b5-3+,20-4-. The molecule has 0 saturated heterocycles. The average molecular weight is 478 g/mol. The van der Waals surface area contributed by atoms with E-state index in [9.17, 15) is 18.0 Å². The maximum atomic E-state index is 13.0. The number of alkyl halides is 3. The fourth-order valence-corrected chi connectivity index (χ4v) is 3.39. The topological polar surface area (TPSA) is 86.8 Å². The van der Waals surface area contributed by atoms with E-state index in [1.54, 1.807) is 6.08 Å². The van der Waals surface area contributed by atoms with Crippen LogP contribution in [0.15, 0.2) is 79.3 Å². The lowest BCUT2D eigenvalue weighted by Gasteiger charge is -2.14. The summed E-state index contributed by atoms with van der Waals surface area (Å²) in [7, 11) is 3.83. The number of benzene rings is 2. The molecule has 2 aromatic heterocycles. The molecule has 2 aromatic carbocycles.